The second kappa shape index (κ2) is 6.81. The number of hydrogen-bond acceptors (Lipinski definition) is 5. The standard InChI is InChI=1S/C20H18O5/c1-4-23-17-8-6-5-7-16(17)20(22)24-14-9-10-15-12(2)13(3)19(21)25-18(15)11-14/h5-11H,4H2,1-3H3. The highest BCUT2D eigenvalue weighted by Crippen LogP contribution is 2.26. The summed E-state index contributed by atoms with van der Waals surface area (Å²) in [6.07, 6.45) is 0. The van der Waals surface area contributed by atoms with Crippen molar-refractivity contribution in [2.24, 2.45) is 0 Å². The summed E-state index contributed by atoms with van der Waals surface area (Å²) >= 11 is 0. The van der Waals surface area contributed by atoms with E-state index < -0.39 is 11.6 Å². The SMILES string of the molecule is CCOc1ccccc1C(=O)Oc1ccc2c(C)c(C)c(=O)oc2c1. The maximum atomic E-state index is 12.4. The Bertz CT molecular complexity index is 1000. The van der Waals surface area contributed by atoms with E-state index in [9.17, 15) is 9.59 Å². The molecule has 0 aliphatic rings. The topological polar surface area (TPSA) is 65.7 Å². The van der Waals surface area contributed by atoms with E-state index in [1.807, 2.05) is 13.8 Å². The third-order valence-electron chi connectivity index (χ3n) is 4.05. The number of benzene rings is 2. The average Bonchev–Trinajstić information content (AvgIpc) is 2.60. The van der Waals surface area contributed by atoms with Crippen LogP contribution >= 0.6 is 0 Å². The molecule has 0 amide bonds. The van der Waals surface area contributed by atoms with Crippen LogP contribution in [0.4, 0.5) is 0 Å². The number of para-hydroxylation sites is 1. The largest absolute Gasteiger partial charge is 0.493 e. The Morgan fingerprint density at radius 3 is 2.60 bits per heavy atom. The molecule has 0 aliphatic carbocycles. The number of fused-ring (bicyclic) bond motifs is 1. The minimum absolute atomic E-state index is 0.301. The molecular weight excluding hydrogens is 320 g/mol. The van der Waals surface area contributed by atoms with E-state index in [-0.39, 0.29) is 0 Å². The lowest BCUT2D eigenvalue weighted by atomic mass is 10.1. The molecule has 2 aromatic carbocycles. The van der Waals surface area contributed by atoms with Gasteiger partial charge in [0.05, 0.1) is 6.61 Å². The molecule has 3 aromatic rings. The van der Waals surface area contributed by atoms with E-state index in [1.54, 1.807) is 49.4 Å². The van der Waals surface area contributed by atoms with Crippen LogP contribution in [0.1, 0.15) is 28.4 Å². The van der Waals surface area contributed by atoms with Gasteiger partial charge in [0.2, 0.25) is 0 Å². The highest BCUT2D eigenvalue weighted by Gasteiger charge is 2.15. The Morgan fingerprint density at radius 2 is 1.84 bits per heavy atom. The van der Waals surface area contributed by atoms with Gasteiger partial charge in [-0.15, -0.1) is 0 Å². The summed E-state index contributed by atoms with van der Waals surface area (Å²) in [6.45, 7) is 5.87. The molecule has 0 saturated heterocycles. The molecule has 25 heavy (non-hydrogen) atoms. The van der Waals surface area contributed by atoms with Gasteiger partial charge in [0.25, 0.3) is 0 Å². The lowest BCUT2D eigenvalue weighted by Crippen LogP contribution is -2.11. The zero-order chi connectivity index (χ0) is 18.0. The highest BCUT2D eigenvalue weighted by atomic mass is 16.5. The van der Waals surface area contributed by atoms with Crippen molar-refractivity contribution in [2.75, 3.05) is 6.61 Å². The number of rotatable bonds is 4. The van der Waals surface area contributed by atoms with Crippen LogP contribution in [0.2, 0.25) is 0 Å². The Balaban J connectivity index is 1.95. The van der Waals surface area contributed by atoms with Crippen molar-refractivity contribution in [2.45, 2.75) is 20.8 Å². The molecule has 0 bridgehead atoms. The fourth-order valence-electron chi connectivity index (χ4n) is 2.57. The summed E-state index contributed by atoms with van der Waals surface area (Å²) < 4.78 is 16.2. The van der Waals surface area contributed by atoms with E-state index >= 15 is 0 Å². The molecule has 128 valence electrons. The first-order chi connectivity index (χ1) is 12.0. The number of ether oxygens (including phenoxy) is 2. The first kappa shape index (κ1) is 16.8. The van der Waals surface area contributed by atoms with Gasteiger partial charge < -0.3 is 13.9 Å². The Kier molecular flexibility index (Phi) is 4.57. The molecule has 0 radical (unpaired) electrons. The maximum absolute atomic E-state index is 12.4. The van der Waals surface area contributed by atoms with Crippen LogP contribution in [0.3, 0.4) is 0 Å². The van der Waals surface area contributed by atoms with E-state index in [0.29, 0.717) is 34.8 Å². The van der Waals surface area contributed by atoms with E-state index in [2.05, 4.69) is 0 Å². The third-order valence-corrected chi connectivity index (χ3v) is 4.05. The quantitative estimate of drug-likeness (QED) is 0.408. The van der Waals surface area contributed by atoms with Crippen molar-refractivity contribution >= 4 is 16.9 Å². The summed E-state index contributed by atoms with van der Waals surface area (Å²) in [6, 6.07) is 11.9. The first-order valence-corrected chi connectivity index (χ1v) is 7.99. The van der Waals surface area contributed by atoms with E-state index in [4.69, 9.17) is 13.9 Å². The van der Waals surface area contributed by atoms with Crippen molar-refractivity contribution in [3.8, 4) is 11.5 Å². The minimum Gasteiger partial charge on any atom is -0.493 e. The number of carbonyl (C=O) groups excluding carboxylic acids is 1. The van der Waals surface area contributed by atoms with Crippen LogP contribution in [0.15, 0.2) is 51.7 Å². The summed E-state index contributed by atoms with van der Waals surface area (Å²) in [5.74, 6) is 0.235. The number of hydrogen-bond donors (Lipinski definition) is 0. The van der Waals surface area contributed by atoms with Gasteiger partial charge in [-0.1, -0.05) is 12.1 Å². The van der Waals surface area contributed by atoms with Crippen LogP contribution in [0.5, 0.6) is 11.5 Å². The lowest BCUT2D eigenvalue weighted by Gasteiger charge is -2.10. The van der Waals surface area contributed by atoms with Gasteiger partial charge in [-0.3, -0.25) is 0 Å². The molecule has 0 unspecified atom stereocenters. The van der Waals surface area contributed by atoms with E-state index in [0.717, 1.165) is 10.9 Å². The van der Waals surface area contributed by atoms with Gasteiger partial charge in [0, 0.05) is 17.0 Å². The average molecular weight is 338 g/mol. The maximum Gasteiger partial charge on any atom is 0.347 e. The van der Waals surface area contributed by atoms with Crippen LogP contribution in [0, 0.1) is 13.8 Å². The molecule has 0 N–H and O–H groups in total. The molecule has 0 atom stereocenters. The van der Waals surface area contributed by atoms with Crippen molar-refractivity contribution < 1.29 is 18.7 Å². The Labute approximate surface area is 144 Å². The third kappa shape index (κ3) is 3.26. The number of carbonyl (C=O) groups is 1. The van der Waals surface area contributed by atoms with Gasteiger partial charge in [-0.2, -0.15) is 0 Å². The van der Waals surface area contributed by atoms with Crippen LogP contribution in [0.25, 0.3) is 11.0 Å². The molecule has 1 aromatic heterocycles. The van der Waals surface area contributed by atoms with E-state index in [1.165, 1.54) is 0 Å². The van der Waals surface area contributed by atoms with Gasteiger partial charge in [0.1, 0.15) is 22.6 Å². The van der Waals surface area contributed by atoms with Gasteiger partial charge in [0.15, 0.2) is 0 Å². The van der Waals surface area contributed by atoms with Crippen LogP contribution < -0.4 is 15.1 Å². The lowest BCUT2D eigenvalue weighted by molar-refractivity contribution is 0.0730. The van der Waals surface area contributed by atoms with Gasteiger partial charge in [-0.05, 0) is 50.6 Å². The smallest absolute Gasteiger partial charge is 0.347 e. The molecule has 0 fully saturated rings. The van der Waals surface area contributed by atoms with Crippen molar-refractivity contribution in [1.29, 1.82) is 0 Å². The minimum atomic E-state index is -0.533. The monoisotopic (exact) mass is 338 g/mol. The number of aryl methyl sites for hydroxylation is 1. The summed E-state index contributed by atoms with van der Waals surface area (Å²) in [5.41, 5.74) is 1.76. The molecule has 5 heteroatoms. The highest BCUT2D eigenvalue weighted by molar-refractivity contribution is 5.94. The van der Waals surface area contributed by atoms with Gasteiger partial charge in [-0.25, -0.2) is 9.59 Å². The molecular formula is C20H18O5. The molecule has 1 heterocycles. The zero-order valence-corrected chi connectivity index (χ0v) is 14.3. The fourth-order valence-corrected chi connectivity index (χ4v) is 2.57. The first-order valence-electron chi connectivity index (χ1n) is 7.99. The van der Waals surface area contributed by atoms with Gasteiger partial charge >= 0.3 is 11.6 Å². The fraction of sp³-hybridized carbons (Fsp3) is 0.200. The summed E-state index contributed by atoms with van der Waals surface area (Å²) in [5, 5.41) is 0.812. The van der Waals surface area contributed by atoms with Crippen molar-refractivity contribution in [3.63, 3.8) is 0 Å². The van der Waals surface area contributed by atoms with Crippen LogP contribution in [-0.4, -0.2) is 12.6 Å². The molecule has 3 rings (SSSR count). The summed E-state index contributed by atoms with van der Waals surface area (Å²) in [4.78, 5) is 24.3. The molecule has 0 aliphatic heterocycles. The predicted molar refractivity (Wildman–Crippen MR) is 94.5 cm³/mol. The molecule has 0 saturated carbocycles. The molecule has 5 nitrogen and oxygen atoms in total. The Hall–Kier alpha value is -3.08. The van der Waals surface area contributed by atoms with Crippen LogP contribution in [-0.2, 0) is 0 Å². The second-order valence-corrected chi connectivity index (χ2v) is 5.62. The Morgan fingerprint density at radius 1 is 1.08 bits per heavy atom. The number of esters is 1. The summed E-state index contributed by atoms with van der Waals surface area (Å²) in [7, 11) is 0. The normalized spacial score (nSPS) is 10.7. The predicted octanol–water partition coefficient (Wildman–Crippen LogP) is 4.03. The second-order valence-electron chi connectivity index (χ2n) is 5.62. The zero-order valence-electron chi connectivity index (χ0n) is 14.3. The van der Waals surface area contributed by atoms with Crippen molar-refractivity contribution in [3.05, 3.63) is 69.6 Å². The molecule has 0 spiro atoms. The van der Waals surface area contributed by atoms with Crippen molar-refractivity contribution in [1.82, 2.24) is 0 Å².